The molecule has 112 valence electrons. The summed E-state index contributed by atoms with van der Waals surface area (Å²) in [7, 11) is 0. The van der Waals surface area contributed by atoms with Gasteiger partial charge in [-0.3, -0.25) is 0 Å². The first-order valence-corrected chi connectivity index (χ1v) is 8.09. The van der Waals surface area contributed by atoms with E-state index in [4.69, 9.17) is 5.73 Å². The van der Waals surface area contributed by atoms with Gasteiger partial charge in [-0.25, -0.2) is 4.98 Å². The zero-order chi connectivity index (χ0) is 15.2. The summed E-state index contributed by atoms with van der Waals surface area (Å²) >= 11 is 3.62. The Morgan fingerprint density at radius 2 is 2.10 bits per heavy atom. The lowest BCUT2D eigenvalue weighted by atomic mass is 9.98. The van der Waals surface area contributed by atoms with Crippen molar-refractivity contribution in [2.24, 2.45) is 0 Å². The van der Waals surface area contributed by atoms with Crippen LogP contribution in [0.5, 0.6) is 0 Å². The lowest BCUT2D eigenvalue weighted by Gasteiger charge is -2.20. The predicted molar refractivity (Wildman–Crippen MR) is 92.3 cm³/mol. The molecule has 0 aliphatic rings. The van der Waals surface area contributed by atoms with Crippen LogP contribution < -0.4 is 11.1 Å². The molecule has 1 atom stereocenters. The maximum Gasteiger partial charge on any atom is 0.123 e. The van der Waals surface area contributed by atoms with Gasteiger partial charge in [0.15, 0.2) is 0 Å². The van der Waals surface area contributed by atoms with Crippen molar-refractivity contribution >= 4 is 21.7 Å². The molecule has 0 aliphatic heterocycles. The van der Waals surface area contributed by atoms with E-state index in [2.05, 4.69) is 58.3 Å². The molecule has 2 rings (SSSR count). The summed E-state index contributed by atoms with van der Waals surface area (Å²) < 4.78 is 1.15. The Balaban J connectivity index is 2.22. The topological polar surface area (TPSA) is 50.9 Å². The lowest BCUT2D eigenvalue weighted by Crippen LogP contribution is -2.24. The summed E-state index contributed by atoms with van der Waals surface area (Å²) in [5, 5.41) is 3.62. The Bertz CT molecular complexity index is 598. The van der Waals surface area contributed by atoms with Gasteiger partial charge in [-0.1, -0.05) is 35.0 Å². The molecule has 0 saturated carbocycles. The van der Waals surface area contributed by atoms with Gasteiger partial charge < -0.3 is 11.1 Å². The number of nitrogens with zero attached hydrogens (tertiary/aromatic N) is 1. The minimum atomic E-state index is 0.281. The van der Waals surface area contributed by atoms with E-state index in [0.717, 1.165) is 23.9 Å². The van der Waals surface area contributed by atoms with Crippen LogP contribution in [0.3, 0.4) is 0 Å². The van der Waals surface area contributed by atoms with E-state index < -0.39 is 0 Å². The maximum absolute atomic E-state index is 5.78. The summed E-state index contributed by atoms with van der Waals surface area (Å²) in [4.78, 5) is 4.06. The highest BCUT2D eigenvalue weighted by atomic mass is 79.9. The fraction of sp³-hybridized carbons (Fsp3) is 0.353. The van der Waals surface area contributed by atoms with Gasteiger partial charge >= 0.3 is 0 Å². The highest BCUT2D eigenvalue weighted by Gasteiger charge is 2.13. The number of nitrogen functional groups attached to an aromatic ring is 1. The van der Waals surface area contributed by atoms with Gasteiger partial charge in [-0.05, 0) is 61.2 Å². The number of aromatic nitrogens is 1. The van der Waals surface area contributed by atoms with Crippen LogP contribution >= 0.6 is 15.9 Å². The van der Waals surface area contributed by atoms with E-state index in [9.17, 15) is 0 Å². The molecule has 3 nitrogen and oxygen atoms in total. The zero-order valence-corrected chi connectivity index (χ0v) is 14.2. The second-order valence-corrected chi connectivity index (χ2v) is 6.16. The van der Waals surface area contributed by atoms with Crippen molar-refractivity contribution < 1.29 is 0 Å². The minimum Gasteiger partial charge on any atom is -0.384 e. The quantitative estimate of drug-likeness (QED) is 0.829. The van der Waals surface area contributed by atoms with E-state index in [1.165, 1.54) is 16.7 Å². The number of hydrogen-bond donors (Lipinski definition) is 2. The molecule has 1 aromatic heterocycles. The first-order valence-electron chi connectivity index (χ1n) is 7.30. The van der Waals surface area contributed by atoms with Crippen molar-refractivity contribution in [3.8, 4) is 0 Å². The highest BCUT2D eigenvalue weighted by molar-refractivity contribution is 9.10. The van der Waals surface area contributed by atoms with E-state index in [0.29, 0.717) is 5.82 Å². The third-order valence-electron chi connectivity index (χ3n) is 3.52. The molecule has 0 amide bonds. The number of aryl methyl sites for hydroxylation is 1. The average Bonchev–Trinajstić information content (AvgIpc) is 2.46. The van der Waals surface area contributed by atoms with Crippen LogP contribution in [0, 0.1) is 6.92 Å². The largest absolute Gasteiger partial charge is 0.384 e. The Kier molecular flexibility index (Phi) is 5.76. The molecule has 0 aliphatic carbocycles. The Labute approximate surface area is 135 Å². The second kappa shape index (κ2) is 7.57. The number of nitrogens with one attached hydrogen (secondary N) is 1. The second-order valence-electron chi connectivity index (χ2n) is 5.31. The van der Waals surface area contributed by atoms with Gasteiger partial charge in [-0.2, -0.15) is 0 Å². The van der Waals surface area contributed by atoms with Crippen LogP contribution in [-0.4, -0.2) is 11.5 Å². The van der Waals surface area contributed by atoms with Gasteiger partial charge in [0.25, 0.3) is 0 Å². The van der Waals surface area contributed by atoms with E-state index in [-0.39, 0.29) is 6.04 Å². The number of halogens is 1. The summed E-state index contributed by atoms with van der Waals surface area (Å²) in [6.07, 6.45) is 3.79. The van der Waals surface area contributed by atoms with E-state index in [1.807, 2.05) is 12.1 Å². The Morgan fingerprint density at radius 3 is 2.76 bits per heavy atom. The van der Waals surface area contributed by atoms with Gasteiger partial charge in [-0.15, -0.1) is 0 Å². The van der Waals surface area contributed by atoms with Crippen molar-refractivity contribution in [3.63, 3.8) is 0 Å². The number of hydrogen-bond acceptors (Lipinski definition) is 3. The number of nitrogens with two attached hydrogens (primary N) is 1. The zero-order valence-electron chi connectivity index (χ0n) is 12.6. The summed E-state index contributed by atoms with van der Waals surface area (Å²) in [5.41, 5.74) is 9.52. The first kappa shape index (κ1) is 16.0. The number of anilines is 1. The summed E-state index contributed by atoms with van der Waals surface area (Å²) in [6, 6.07) is 10.8. The molecule has 1 aromatic carbocycles. The van der Waals surface area contributed by atoms with Crippen LogP contribution in [0.1, 0.15) is 36.1 Å². The van der Waals surface area contributed by atoms with Crippen LogP contribution in [0.15, 0.2) is 41.0 Å². The van der Waals surface area contributed by atoms with E-state index >= 15 is 0 Å². The third-order valence-corrected chi connectivity index (χ3v) is 4.38. The van der Waals surface area contributed by atoms with Crippen LogP contribution in [0.2, 0.25) is 0 Å². The molecule has 1 unspecified atom stereocenters. The van der Waals surface area contributed by atoms with Gasteiger partial charge in [0.05, 0.1) is 0 Å². The fourth-order valence-electron chi connectivity index (χ4n) is 2.31. The van der Waals surface area contributed by atoms with Crippen molar-refractivity contribution in [1.82, 2.24) is 10.3 Å². The van der Waals surface area contributed by atoms with E-state index in [1.54, 1.807) is 6.20 Å². The molecule has 0 radical (unpaired) electrons. The van der Waals surface area contributed by atoms with Crippen LogP contribution in [0.25, 0.3) is 0 Å². The Hall–Kier alpha value is -1.39. The summed E-state index contributed by atoms with van der Waals surface area (Å²) in [6.45, 7) is 5.28. The monoisotopic (exact) mass is 347 g/mol. The Morgan fingerprint density at radius 1 is 1.29 bits per heavy atom. The first-order chi connectivity index (χ1) is 10.1. The molecule has 1 heterocycles. The number of benzene rings is 1. The number of pyridine rings is 1. The van der Waals surface area contributed by atoms with Crippen molar-refractivity contribution in [2.75, 3.05) is 12.3 Å². The minimum absolute atomic E-state index is 0.281. The van der Waals surface area contributed by atoms with Crippen LogP contribution in [0.4, 0.5) is 5.82 Å². The molecule has 0 fully saturated rings. The van der Waals surface area contributed by atoms with Gasteiger partial charge in [0, 0.05) is 16.7 Å². The van der Waals surface area contributed by atoms with Gasteiger partial charge in [0.2, 0.25) is 0 Å². The van der Waals surface area contributed by atoms with Crippen molar-refractivity contribution in [1.29, 1.82) is 0 Å². The van der Waals surface area contributed by atoms with Crippen LogP contribution in [-0.2, 0) is 6.42 Å². The molecule has 3 N–H and O–H groups in total. The molecule has 0 saturated heterocycles. The van der Waals surface area contributed by atoms with Crippen molar-refractivity contribution in [3.05, 3.63) is 57.7 Å². The molecule has 21 heavy (non-hydrogen) atoms. The normalized spacial score (nSPS) is 12.3. The number of rotatable bonds is 6. The predicted octanol–water partition coefficient (Wildman–Crippen LogP) is 4.02. The summed E-state index contributed by atoms with van der Waals surface area (Å²) in [5.74, 6) is 0.576. The molecular formula is C17H22BrN3. The fourth-order valence-corrected chi connectivity index (χ4v) is 2.71. The molecular weight excluding hydrogens is 326 g/mol. The molecule has 0 bridgehead atoms. The van der Waals surface area contributed by atoms with Crippen molar-refractivity contribution in [2.45, 2.75) is 32.7 Å². The maximum atomic E-state index is 5.78. The SMILES string of the molecule is CCCNC(Cc1ccnc(N)c1)c1ccc(C)c(Br)c1. The molecule has 2 aromatic rings. The molecule has 4 heteroatoms. The standard InChI is InChI=1S/C17H22BrN3/c1-3-7-20-16(9-13-6-8-21-17(19)10-13)14-5-4-12(2)15(18)11-14/h4-6,8,10-11,16,20H,3,7,9H2,1-2H3,(H2,19,21). The molecule has 0 spiro atoms. The third kappa shape index (κ3) is 4.55. The smallest absolute Gasteiger partial charge is 0.123 e. The average molecular weight is 348 g/mol. The highest BCUT2D eigenvalue weighted by Crippen LogP contribution is 2.24. The van der Waals surface area contributed by atoms with Gasteiger partial charge in [0.1, 0.15) is 5.82 Å². The lowest BCUT2D eigenvalue weighted by molar-refractivity contribution is 0.529.